The molecule has 2 saturated heterocycles. The molecule has 2 aliphatic rings. The number of non-ortho nitro benzene ring substituents is 1. The zero-order chi connectivity index (χ0) is 28.3. The first-order valence-corrected chi connectivity index (χ1v) is 14.0. The summed E-state index contributed by atoms with van der Waals surface area (Å²) in [7, 11) is 0. The number of hydrogen-bond acceptors (Lipinski definition) is 8. The molecule has 2 unspecified atom stereocenters. The van der Waals surface area contributed by atoms with E-state index in [2.05, 4.69) is 5.32 Å². The monoisotopic (exact) mass is 595 g/mol. The van der Waals surface area contributed by atoms with Crippen molar-refractivity contribution in [2.75, 3.05) is 18.9 Å². The van der Waals surface area contributed by atoms with Gasteiger partial charge in [0.15, 0.2) is 0 Å². The van der Waals surface area contributed by atoms with Crippen LogP contribution in [-0.4, -0.2) is 64.0 Å². The second-order valence-corrected chi connectivity index (χ2v) is 11.7. The van der Waals surface area contributed by atoms with E-state index in [9.17, 15) is 24.5 Å². The Hall–Kier alpha value is -2.86. The number of nitro groups is 1. The van der Waals surface area contributed by atoms with Crippen LogP contribution in [0.15, 0.2) is 42.5 Å². The van der Waals surface area contributed by atoms with Gasteiger partial charge in [-0.3, -0.25) is 24.5 Å². The minimum absolute atomic E-state index is 0.0409. The first-order chi connectivity index (χ1) is 18.5. The van der Waals surface area contributed by atoms with Crippen molar-refractivity contribution in [2.24, 2.45) is 5.41 Å². The molecule has 2 amide bonds. The third kappa shape index (κ3) is 6.66. The van der Waals surface area contributed by atoms with Crippen LogP contribution in [0.2, 0.25) is 10.0 Å². The molecule has 0 saturated carbocycles. The lowest BCUT2D eigenvalue weighted by atomic mass is 9.87. The van der Waals surface area contributed by atoms with Gasteiger partial charge in [0.1, 0.15) is 23.4 Å². The van der Waals surface area contributed by atoms with Gasteiger partial charge in [-0.05, 0) is 49.2 Å². The van der Waals surface area contributed by atoms with Crippen molar-refractivity contribution in [3.8, 4) is 0 Å². The highest BCUT2D eigenvalue weighted by Gasteiger charge is 2.58. The van der Waals surface area contributed by atoms with E-state index in [4.69, 9.17) is 32.7 Å². The topological polar surface area (TPSA) is 128 Å². The average Bonchev–Trinajstić information content (AvgIpc) is 2.91. The Morgan fingerprint density at radius 3 is 2.51 bits per heavy atom. The molecule has 2 aliphatic heterocycles. The summed E-state index contributed by atoms with van der Waals surface area (Å²) in [5.74, 6) is -0.805. The molecule has 2 aromatic rings. The SMILES string of the molecule is CC(C)OCC1(C(=O)OCc2ccc([N+](=O)[O-])cc2)CS[C@@H]2C(NC(=O)Cc3ccc(Cl)c(Cl)c3)C(=O)N2C1. The third-order valence-corrected chi connectivity index (χ3v) is 8.78. The summed E-state index contributed by atoms with van der Waals surface area (Å²) in [6.45, 7) is 3.78. The molecular formula is C26H27Cl2N3O7S. The maximum absolute atomic E-state index is 13.3. The molecule has 39 heavy (non-hydrogen) atoms. The lowest BCUT2D eigenvalue weighted by Gasteiger charge is -2.54. The van der Waals surface area contributed by atoms with Crippen LogP contribution in [0.25, 0.3) is 0 Å². The highest BCUT2D eigenvalue weighted by atomic mass is 35.5. The number of benzene rings is 2. The quantitative estimate of drug-likeness (QED) is 0.189. The van der Waals surface area contributed by atoms with Gasteiger partial charge in [-0.15, -0.1) is 11.8 Å². The van der Waals surface area contributed by atoms with E-state index in [0.717, 1.165) is 0 Å². The number of carbonyl (C=O) groups is 3. The maximum atomic E-state index is 13.3. The van der Waals surface area contributed by atoms with Crippen molar-refractivity contribution >= 4 is 58.4 Å². The van der Waals surface area contributed by atoms with Crippen LogP contribution >= 0.6 is 35.0 Å². The number of carbonyl (C=O) groups excluding carboxylic acids is 3. The fourth-order valence-electron chi connectivity index (χ4n) is 4.30. The minimum atomic E-state index is -1.10. The molecule has 0 aromatic heterocycles. The molecule has 0 bridgehead atoms. The highest BCUT2D eigenvalue weighted by molar-refractivity contribution is 8.00. The summed E-state index contributed by atoms with van der Waals surface area (Å²) >= 11 is 13.3. The molecule has 4 rings (SSSR count). The Bertz CT molecular complexity index is 1280. The van der Waals surface area contributed by atoms with Gasteiger partial charge in [-0.1, -0.05) is 29.3 Å². The highest BCUT2D eigenvalue weighted by Crippen LogP contribution is 2.43. The fraction of sp³-hybridized carbons (Fsp3) is 0.423. The fourth-order valence-corrected chi connectivity index (χ4v) is 6.14. The number of thioether (sulfide) groups is 1. The van der Waals surface area contributed by atoms with Crippen molar-refractivity contribution in [2.45, 2.75) is 44.4 Å². The number of nitrogens with one attached hydrogen (secondary N) is 1. The summed E-state index contributed by atoms with van der Waals surface area (Å²) in [6.07, 6.45) is -0.105. The van der Waals surface area contributed by atoms with Crippen LogP contribution in [0.3, 0.4) is 0 Å². The van der Waals surface area contributed by atoms with Crippen molar-refractivity contribution in [3.63, 3.8) is 0 Å². The van der Waals surface area contributed by atoms with Crippen LogP contribution < -0.4 is 5.32 Å². The number of nitro benzene ring substituents is 1. The average molecular weight is 596 g/mol. The number of ether oxygens (including phenoxy) is 2. The van der Waals surface area contributed by atoms with Gasteiger partial charge < -0.3 is 19.7 Å². The lowest BCUT2D eigenvalue weighted by molar-refractivity contribution is -0.384. The van der Waals surface area contributed by atoms with Crippen LogP contribution in [-0.2, 0) is 36.9 Å². The molecule has 13 heteroatoms. The standard InChI is InChI=1S/C26H27Cl2N3O7S/c1-15(2)38-13-26(25(34)37-11-16-3-6-18(7-4-16)31(35)36)12-30-23(33)22(24(30)39-14-26)29-21(32)10-17-5-8-19(27)20(28)9-17/h3-9,15,22,24H,10-14H2,1-2H3,(H,29,32)/t22?,24-,26?/m1/s1. The zero-order valence-corrected chi connectivity index (χ0v) is 23.6. The predicted octanol–water partition coefficient (Wildman–Crippen LogP) is 4.00. The Labute approximate surface area is 239 Å². The van der Waals surface area contributed by atoms with E-state index < -0.39 is 22.3 Å². The van der Waals surface area contributed by atoms with Gasteiger partial charge in [-0.25, -0.2) is 0 Å². The van der Waals surface area contributed by atoms with Gasteiger partial charge >= 0.3 is 5.97 Å². The Morgan fingerprint density at radius 1 is 1.18 bits per heavy atom. The lowest BCUT2D eigenvalue weighted by Crippen LogP contribution is -2.74. The number of esters is 1. The molecule has 3 atom stereocenters. The summed E-state index contributed by atoms with van der Waals surface area (Å²) < 4.78 is 11.4. The normalized spacial score (nSPS) is 22.2. The zero-order valence-electron chi connectivity index (χ0n) is 21.2. The van der Waals surface area contributed by atoms with Gasteiger partial charge in [0.05, 0.1) is 34.1 Å². The van der Waals surface area contributed by atoms with Crippen LogP contribution in [0.1, 0.15) is 25.0 Å². The Morgan fingerprint density at radius 2 is 1.87 bits per heavy atom. The number of rotatable bonds is 10. The Kier molecular flexibility index (Phi) is 9.05. The van der Waals surface area contributed by atoms with Crippen molar-refractivity contribution in [1.29, 1.82) is 0 Å². The smallest absolute Gasteiger partial charge is 0.317 e. The van der Waals surface area contributed by atoms with Crippen LogP contribution in [0, 0.1) is 15.5 Å². The molecule has 0 radical (unpaired) electrons. The van der Waals surface area contributed by atoms with E-state index in [-0.39, 0.29) is 55.2 Å². The molecule has 0 aliphatic carbocycles. The third-order valence-electron chi connectivity index (χ3n) is 6.45. The van der Waals surface area contributed by atoms with Crippen LogP contribution in [0.4, 0.5) is 5.69 Å². The summed E-state index contributed by atoms with van der Waals surface area (Å²) in [4.78, 5) is 50.9. The number of amides is 2. The summed E-state index contributed by atoms with van der Waals surface area (Å²) in [5, 5.41) is 14.1. The predicted molar refractivity (Wildman–Crippen MR) is 146 cm³/mol. The molecule has 0 spiro atoms. The van der Waals surface area contributed by atoms with Crippen LogP contribution in [0.5, 0.6) is 0 Å². The van der Waals surface area contributed by atoms with E-state index in [1.165, 1.54) is 36.0 Å². The Balaban J connectivity index is 1.38. The number of nitrogens with zero attached hydrogens (tertiary/aromatic N) is 2. The number of hydrogen-bond donors (Lipinski definition) is 1. The second-order valence-electron chi connectivity index (χ2n) is 9.78. The molecule has 208 valence electrons. The van der Waals surface area contributed by atoms with Crippen molar-refractivity contribution < 1.29 is 28.8 Å². The van der Waals surface area contributed by atoms with Crippen molar-refractivity contribution in [3.05, 3.63) is 73.8 Å². The largest absolute Gasteiger partial charge is 0.460 e. The van der Waals surface area contributed by atoms with E-state index >= 15 is 0 Å². The van der Waals surface area contributed by atoms with E-state index in [0.29, 0.717) is 26.9 Å². The molecule has 2 fully saturated rings. The number of fused-ring (bicyclic) bond motifs is 1. The molecule has 10 nitrogen and oxygen atoms in total. The first-order valence-electron chi connectivity index (χ1n) is 12.2. The molecule has 2 heterocycles. The van der Waals surface area contributed by atoms with Gasteiger partial charge in [0, 0.05) is 24.4 Å². The number of halogens is 2. The molecular weight excluding hydrogens is 569 g/mol. The first kappa shape index (κ1) is 29.1. The maximum Gasteiger partial charge on any atom is 0.317 e. The van der Waals surface area contributed by atoms with E-state index in [1.54, 1.807) is 23.1 Å². The van der Waals surface area contributed by atoms with Gasteiger partial charge in [0.25, 0.3) is 5.69 Å². The second kappa shape index (κ2) is 12.1. The summed E-state index contributed by atoms with van der Waals surface area (Å²) in [6, 6.07) is 9.96. The van der Waals surface area contributed by atoms with Crippen molar-refractivity contribution in [1.82, 2.24) is 10.2 Å². The van der Waals surface area contributed by atoms with E-state index in [1.807, 2.05) is 13.8 Å². The van der Waals surface area contributed by atoms with Gasteiger partial charge in [-0.2, -0.15) is 0 Å². The molecule has 2 aromatic carbocycles. The van der Waals surface area contributed by atoms with Gasteiger partial charge in [0.2, 0.25) is 11.8 Å². The minimum Gasteiger partial charge on any atom is -0.460 e. The number of β-lactam (4-membered cyclic amide) rings is 1. The summed E-state index contributed by atoms with van der Waals surface area (Å²) in [5.41, 5.74) is 0.107. The molecule has 1 N–H and O–H groups in total.